The predicted molar refractivity (Wildman–Crippen MR) is 167 cm³/mol. The van der Waals surface area contributed by atoms with E-state index in [2.05, 4.69) is 54.3 Å². The van der Waals surface area contributed by atoms with Gasteiger partial charge in [-0.1, -0.05) is 26.8 Å². The number of amides is 1. The van der Waals surface area contributed by atoms with E-state index in [-0.39, 0.29) is 17.4 Å². The van der Waals surface area contributed by atoms with Gasteiger partial charge < -0.3 is 25.0 Å². The molecule has 7 nitrogen and oxygen atoms in total. The normalized spacial score (nSPS) is 15.0. The van der Waals surface area contributed by atoms with Crippen LogP contribution >= 0.6 is 0 Å². The van der Waals surface area contributed by atoms with Crippen molar-refractivity contribution >= 4 is 11.6 Å². The topological polar surface area (TPSA) is 75.7 Å². The van der Waals surface area contributed by atoms with Crippen LogP contribution in [-0.4, -0.2) is 50.1 Å². The molecule has 0 saturated carbocycles. The van der Waals surface area contributed by atoms with Gasteiger partial charge in [0.25, 0.3) is 5.91 Å². The van der Waals surface area contributed by atoms with Crippen LogP contribution in [0.3, 0.4) is 0 Å². The van der Waals surface area contributed by atoms with Crippen molar-refractivity contribution in [2.75, 3.05) is 39.6 Å². The molecule has 1 fully saturated rings. The number of nitrogens with zero attached hydrogens (tertiary/aromatic N) is 2. The number of pyridine rings is 1. The Morgan fingerprint density at radius 2 is 1.85 bits per heavy atom. The number of anilines is 1. The summed E-state index contributed by atoms with van der Waals surface area (Å²) in [5.41, 5.74) is 5.22. The van der Waals surface area contributed by atoms with Gasteiger partial charge in [0.15, 0.2) is 0 Å². The number of carbonyl (C=O) groups is 1. The Morgan fingerprint density at radius 1 is 1.12 bits per heavy atom. The third-order valence-electron chi connectivity index (χ3n) is 8.08. The van der Waals surface area contributed by atoms with Gasteiger partial charge in [-0.05, 0) is 113 Å². The van der Waals surface area contributed by atoms with E-state index >= 15 is 0 Å². The summed E-state index contributed by atoms with van der Waals surface area (Å²) in [6.45, 7) is 12.8. The van der Waals surface area contributed by atoms with Gasteiger partial charge in [-0.15, -0.1) is 0 Å². The van der Waals surface area contributed by atoms with Crippen LogP contribution in [0.25, 0.3) is 0 Å². The van der Waals surface area contributed by atoms with Crippen molar-refractivity contribution in [2.45, 2.75) is 65.3 Å². The Morgan fingerprint density at radius 3 is 2.51 bits per heavy atom. The number of carbonyl (C=O) groups excluding carboxylic acids is 1. The molecule has 0 bridgehead atoms. The molecule has 7 heteroatoms. The Bertz CT molecular complexity index is 1360. The van der Waals surface area contributed by atoms with E-state index in [9.17, 15) is 4.79 Å². The third kappa shape index (κ3) is 7.66. The van der Waals surface area contributed by atoms with E-state index in [0.29, 0.717) is 28.7 Å². The summed E-state index contributed by atoms with van der Waals surface area (Å²) in [4.78, 5) is 20.3. The molecule has 0 radical (unpaired) electrons. The van der Waals surface area contributed by atoms with Gasteiger partial charge in [0.05, 0.1) is 12.8 Å². The lowest BCUT2D eigenvalue weighted by Gasteiger charge is -2.28. The van der Waals surface area contributed by atoms with E-state index in [0.717, 1.165) is 47.6 Å². The monoisotopic (exact) mass is 558 g/mol. The smallest absolute Gasteiger partial charge is 0.255 e. The molecule has 2 heterocycles. The minimum absolute atomic E-state index is 0.0994. The Labute approximate surface area is 245 Å². The largest absolute Gasteiger partial charge is 0.494 e. The standard InChI is InChI=1S/C34H46N4O3/c1-22-9-10-25(18-31(22)41-28-13-16-36-27(21-28)17-24-11-14-35-15-12-24)33(39)37-30-20-26(34(3,4)5)19-29(32(30)40-8)23(2)38(6)7/h9-10,13,16,18-21,23-24,35H,11-12,14-15,17H2,1-8H3,(H,37,39). The van der Waals surface area contributed by atoms with Gasteiger partial charge in [0.2, 0.25) is 0 Å². The molecule has 1 unspecified atom stereocenters. The molecule has 0 spiro atoms. The average Bonchev–Trinajstić information content (AvgIpc) is 2.93. The molecule has 41 heavy (non-hydrogen) atoms. The number of ether oxygens (including phenoxy) is 2. The van der Waals surface area contributed by atoms with Crippen molar-refractivity contribution in [3.63, 3.8) is 0 Å². The second-order valence-electron chi connectivity index (χ2n) is 12.5. The molecular weight excluding hydrogens is 512 g/mol. The second kappa shape index (κ2) is 13.0. The maximum Gasteiger partial charge on any atom is 0.255 e. The van der Waals surface area contributed by atoms with Gasteiger partial charge in [-0.3, -0.25) is 9.78 Å². The van der Waals surface area contributed by atoms with Gasteiger partial charge in [0.1, 0.15) is 17.2 Å². The maximum atomic E-state index is 13.6. The number of rotatable bonds is 9. The lowest BCUT2D eigenvalue weighted by molar-refractivity contribution is 0.102. The Balaban J connectivity index is 1.59. The zero-order valence-corrected chi connectivity index (χ0v) is 25.9. The molecule has 2 N–H and O–H groups in total. The zero-order chi connectivity index (χ0) is 29.7. The highest BCUT2D eigenvalue weighted by Gasteiger charge is 2.24. The fourth-order valence-corrected chi connectivity index (χ4v) is 5.18. The van der Waals surface area contributed by atoms with Crippen molar-refractivity contribution in [3.8, 4) is 17.2 Å². The first-order valence-electron chi connectivity index (χ1n) is 14.6. The van der Waals surface area contributed by atoms with Gasteiger partial charge in [0, 0.05) is 35.1 Å². The molecule has 220 valence electrons. The van der Waals surface area contributed by atoms with Crippen LogP contribution in [0.15, 0.2) is 48.7 Å². The van der Waals surface area contributed by atoms with Crippen LogP contribution in [0.4, 0.5) is 5.69 Å². The fourth-order valence-electron chi connectivity index (χ4n) is 5.18. The molecule has 1 amide bonds. The van der Waals surface area contributed by atoms with Crippen LogP contribution in [0.1, 0.15) is 79.3 Å². The van der Waals surface area contributed by atoms with Crippen LogP contribution in [0.5, 0.6) is 17.2 Å². The molecule has 1 atom stereocenters. The third-order valence-corrected chi connectivity index (χ3v) is 8.08. The number of benzene rings is 2. The average molecular weight is 559 g/mol. The van der Waals surface area contributed by atoms with E-state index < -0.39 is 0 Å². The molecule has 4 rings (SSSR count). The first kappa shape index (κ1) is 30.5. The highest BCUT2D eigenvalue weighted by atomic mass is 16.5. The fraction of sp³-hybridized carbons (Fsp3) is 0.471. The number of hydrogen-bond donors (Lipinski definition) is 2. The summed E-state index contributed by atoms with van der Waals surface area (Å²) in [5.74, 6) is 2.47. The Kier molecular flexibility index (Phi) is 9.72. The molecule has 1 aliphatic rings. The minimum Gasteiger partial charge on any atom is -0.494 e. The Hall–Kier alpha value is -3.42. The molecule has 1 aliphatic heterocycles. The molecule has 0 aliphatic carbocycles. The van der Waals surface area contributed by atoms with Crippen molar-refractivity contribution in [3.05, 3.63) is 76.6 Å². The number of aromatic nitrogens is 1. The van der Waals surface area contributed by atoms with Crippen molar-refractivity contribution in [2.24, 2.45) is 5.92 Å². The van der Waals surface area contributed by atoms with Crippen LogP contribution in [0.2, 0.25) is 0 Å². The number of aryl methyl sites for hydroxylation is 1. The minimum atomic E-state index is -0.219. The highest BCUT2D eigenvalue weighted by molar-refractivity contribution is 6.05. The quantitative estimate of drug-likeness (QED) is 0.297. The lowest BCUT2D eigenvalue weighted by atomic mass is 9.84. The molecule has 3 aromatic rings. The van der Waals surface area contributed by atoms with E-state index in [1.54, 1.807) is 19.4 Å². The molecular formula is C34H46N4O3. The summed E-state index contributed by atoms with van der Waals surface area (Å²) in [6.07, 6.45) is 5.09. The predicted octanol–water partition coefficient (Wildman–Crippen LogP) is 6.91. The van der Waals surface area contributed by atoms with Gasteiger partial charge in [-0.25, -0.2) is 0 Å². The summed E-state index contributed by atoms with van der Waals surface area (Å²) in [7, 11) is 5.73. The number of methoxy groups -OCH3 is 1. The number of piperidine rings is 1. The van der Waals surface area contributed by atoms with E-state index in [4.69, 9.17) is 9.47 Å². The SMILES string of the molecule is COc1c(NC(=O)c2ccc(C)c(Oc3ccnc(CC4CCNCC4)c3)c2)cc(C(C)(C)C)cc1C(C)N(C)C. The summed E-state index contributed by atoms with van der Waals surface area (Å²) in [5, 5.41) is 6.56. The maximum absolute atomic E-state index is 13.6. The number of hydrogen-bond acceptors (Lipinski definition) is 6. The van der Waals surface area contributed by atoms with Crippen LogP contribution < -0.4 is 20.1 Å². The first-order chi connectivity index (χ1) is 19.5. The van der Waals surface area contributed by atoms with E-state index in [1.165, 1.54) is 12.8 Å². The van der Waals surface area contributed by atoms with Gasteiger partial charge in [-0.2, -0.15) is 0 Å². The lowest BCUT2D eigenvalue weighted by Crippen LogP contribution is -2.28. The molecule has 1 aromatic heterocycles. The van der Waals surface area contributed by atoms with Gasteiger partial charge >= 0.3 is 0 Å². The van der Waals surface area contributed by atoms with Crippen LogP contribution in [-0.2, 0) is 11.8 Å². The van der Waals surface area contributed by atoms with Crippen molar-refractivity contribution < 1.29 is 14.3 Å². The molecule has 1 saturated heterocycles. The number of nitrogens with one attached hydrogen (secondary N) is 2. The van der Waals surface area contributed by atoms with Crippen LogP contribution in [0, 0.1) is 12.8 Å². The zero-order valence-electron chi connectivity index (χ0n) is 25.9. The summed E-state index contributed by atoms with van der Waals surface area (Å²) >= 11 is 0. The highest BCUT2D eigenvalue weighted by Crippen LogP contribution is 2.40. The summed E-state index contributed by atoms with van der Waals surface area (Å²) < 4.78 is 12.2. The van der Waals surface area contributed by atoms with Crippen molar-refractivity contribution in [1.82, 2.24) is 15.2 Å². The molecule has 2 aromatic carbocycles. The second-order valence-corrected chi connectivity index (χ2v) is 12.5. The van der Waals surface area contributed by atoms with Crippen molar-refractivity contribution in [1.29, 1.82) is 0 Å². The summed E-state index contributed by atoms with van der Waals surface area (Å²) in [6, 6.07) is 13.8. The first-order valence-corrected chi connectivity index (χ1v) is 14.6. The van der Waals surface area contributed by atoms with E-state index in [1.807, 2.05) is 51.4 Å².